The Kier molecular flexibility index (Phi) is 3.70. The van der Waals surface area contributed by atoms with Crippen molar-refractivity contribution >= 4 is 5.91 Å². The van der Waals surface area contributed by atoms with Crippen molar-refractivity contribution in [2.75, 3.05) is 6.61 Å². The number of aryl methyl sites for hydroxylation is 2. The number of nitrogens with zero attached hydrogens (tertiary/aromatic N) is 2. The molecular weight excluding hydrogens is 206 g/mol. The summed E-state index contributed by atoms with van der Waals surface area (Å²) in [4.78, 5) is 11.7. The average Bonchev–Trinajstić information content (AvgIpc) is 2.44. The summed E-state index contributed by atoms with van der Waals surface area (Å²) >= 11 is 0. The van der Waals surface area contributed by atoms with Crippen LogP contribution >= 0.6 is 0 Å². The Labute approximate surface area is 95.5 Å². The van der Waals surface area contributed by atoms with Gasteiger partial charge in [-0.05, 0) is 33.8 Å². The van der Waals surface area contributed by atoms with E-state index in [0.29, 0.717) is 0 Å². The predicted octanol–water partition coefficient (Wildman–Crippen LogP) is 0.387. The van der Waals surface area contributed by atoms with E-state index in [1.54, 1.807) is 18.5 Å². The van der Waals surface area contributed by atoms with E-state index in [4.69, 9.17) is 5.11 Å². The third-order valence-electron chi connectivity index (χ3n) is 2.27. The fourth-order valence-corrected chi connectivity index (χ4v) is 1.43. The second-order valence-corrected chi connectivity index (χ2v) is 4.67. The minimum atomic E-state index is -0.590. The van der Waals surface area contributed by atoms with Crippen molar-refractivity contribution in [3.8, 4) is 0 Å². The fourth-order valence-electron chi connectivity index (χ4n) is 1.43. The van der Waals surface area contributed by atoms with Gasteiger partial charge in [0.2, 0.25) is 5.91 Å². The van der Waals surface area contributed by atoms with E-state index in [1.807, 2.05) is 19.9 Å². The number of aliphatic hydroxyl groups excluding tert-OH is 1. The molecule has 0 aliphatic carbocycles. The van der Waals surface area contributed by atoms with E-state index in [-0.39, 0.29) is 19.1 Å². The molecule has 0 atom stereocenters. The second kappa shape index (κ2) is 4.65. The van der Waals surface area contributed by atoms with Crippen molar-refractivity contribution in [1.82, 2.24) is 15.1 Å². The van der Waals surface area contributed by atoms with Crippen LogP contribution in [0.3, 0.4) is 0 Å². The monoisotopic (exact) mass is 225 g/mol. The van der Waals surface area contributed by atoms with E-state index in [2.05, 4.69) is 10.4 Å². The van der Waals surface area contributed by atoms with Gasteiger partial charge < -0.3 is 10.4 Å². The maximum absolute atomic E-state index is 11.7. The number of nitrogens with one attached hydrogen (secondary N) is 1. The summed E-state index contributed by atoms with van der Waals surface area (Å²) in [5.41, 5.74) is 1.26. The molecular formula is C11H19N3O2. The first kappa shape index (κ1) is 12.7. The molecule has 0 saturated heterocycles. The molecule has 0 bridgehead atoms. The van der Waals surface area contributed by atoms with Crippen LogP contribution in [-0.4, -0.2) is 32.9 Å². The van der Waals surface area contributed by atoms with Gasteiger partial charge in [0.25, 0.3) is 0 Å². The number of carbonyl (C=O) groups is 1. The number of hydrogen-bond donors (Lipinski definition) is 2. The molecule has 5 nitrogen and oxygen atoms in total. The molecule has 0 radical (unpaired) electrons. The third kappa shape index (κ3) is 3.34. The van der Waals surface area contributed by atoms with Gasteiger partial charge in [0.15, 0.2) is 0 Å². The Morgan fingerprint density at radius 3 is 2.62 bits per heavy atom. The van der Waals surface area contributed by atoms with Crippen LogP contribution < -0.4 is 5.32 Å². The Balaban J connectivity index is 2.62. The molecule has 90 valence electrons. The maximum atomic E-state index is 11.7. The molecule has 16 heavy (non-hydrogen) atoms. The fraction of sp³-hybridized carbons (Fsp3) is 0.636. The summed E-state index contributed by atoms with van der Waals surface area (Å²) in [6, 6.07) is 1.92. The van der Waals surface area contributed by atoms with E-state index in [1.165, 1.54) is 0 Å². The van der Waals surface area contributed by atoms with E-state index in [9.17, 15) is 4.79 Å². The van der Waals surface area contributed by atoms with Crippen LogP contribution in [0.2, 0.25) is 0 Å². The van der Waals surface area contributed by atoms with Gasteiger partial charge in [-0.3, -0.25) is 9.48 Å². The van der Waals surface area contributed by atoms with Crippen LogP contribution in [0.15, 0.2) is 6.07 Å². The zero-order chi connectivity index (χ0) is 12.3. The average molecular weight is 225 g/mol. The normalized spacial score (nSPS) is 11.6. The molecule has 1 aromatic rings. The van der Waals surface area contributed by atoms with E-state index in [0.717, 1.165) is 11.4 Å². The minimum Gasteiger partial charge on any atom is -0.394 e. The Bertz CT molecular complexity index is 383. The number of hydrogen-bond acceptors (Lipinski definition) is 3. The van der Waals surface area contributed by atoms with Crippen LogP contribution in [0.1, 0.15) is 25.2 Å². The summed E-state index contributed by atoms with van der Waals surface area (Å²) in [5, 5.41) is 16.0. The quantitative estimate of drug-likeness (QED) is 0.779. The van der Waals surface area contributed by atoms with Crippen LogP contribution in [0, 0.1) is 13.8 Å². The highest BCUT2D eigenvalue weighted by Crippen LogP contribution is 2.03. The third-order valence-corrected chi connectivity index (χ3v) is 2.27. The summed E-state index contributed by atoms with van der Waals surface area (Å²) in [6.45, 7) is 7.43. The van der Waals surface area contributed by atoms with Gasteiger partial charge in [-0.2, -0.15) is 5.10 Å². The van der Waals surface area contributed by atoms with Gasteiger partial charge >= 0.3 is 0 Å². The predicted molar refractivity (Wildman–Crippen MR) is 61.0 cm³/mol. The zero-order valence-corrected chi connectivity index (χ0v) is 10.2. The van der Waals surface area contributed by atoms with Gasteiger partial charge in [-0.1, -0.05) is 0 Å². The molecule has 1 amide bonds. The number of amides is 1. The van der Waals surface area contributed by atoms with Crippen molar-refractivity contribution in [3.63, 3.8) is 0 Å². The smallest absolute Gasteiger partial charge is 0.242 e. The molecule has 0 fully saturated rings. The van der Waals surface area contributed by atoms with E-state index < -0.39 is 5.54 Å². The molecule has 0 aliphatic heterocycles. The molecule has 1 rings (SSSR count). The SMILES string of the molecule is Cc1cc(C)n(CC(=O)NC(C)(C)CO)n1. The van der Waals surface area contributed by atoms with Gasteiger partial charge in [-0.25, -0.2) is 0 Å². The first-order valence-corrected chi connectivity index (χ1v) is 5.27. The molecule has 0 aliphatic rings. The lowest BCUT2D eigenvalue weighted by Gasteiger charge is -2.23. The van der Waals surface area contributed by atoms with Crippen molar-refractivity contribution in [2.45, 2.75) is 39.8 Å². The van der Waals surface area contributed by atoms with Crippen LogP contribution in [0.25, 0.3) is 0 Å². The first-order valence-electron chi connectivity index (χ1n) is 5.27. The highest BCUT2D eigenvalue weighted by Gasteiger charge is 2.19. The molecule has 0 unspecified atom stereocenters. The van der Waals surface area contributed by atoms with Crippen LogP contribution in [-0.2, 0) is 11.3 Å². The molecule has 1 aromatic heterocycles. The molecule has 0 aromatic carbocycles. The van der Waals surface area contributed by atoms with Gasteiger partial charge in [0.05, 0.1) is 17.8 Å². The van der Waals surface area contributed by atoms with Gasteiger partial charge in [0.1, 0.15) is 6.54 Å². The number of aromatic nitrogens is 2. The highest BCUT2D eigenvalue weighted by atomic mass is 16.3. The van der Waals surface area contributed by atoms with Crippen LogP contribution in [0.4, 0.5) is 0 Å². The number of aliphatic hydroxyl groups is 1. The summed E-state index contributed by atoms with van der Waals surface area (Å²) in [5.74, 6) is -0.148. The molecule has 2 N–H and O–H groups in total. The van der Waals surface area contributed by atoms with Crippen molar-refractivity contribution < 1.29 is 9.90 Å². The Morgan fingerprint density at radius 1 is 1.56 bits per heavy atom. The van der Waals surface area contributed by atoms with Crippen molar-refractivity contribution in [2.24, 2.45) is 0 Å². The number of rotatable bonds is 4. The molecule has 5 heteroatoms. The summed E-state index contributed by atoms with van der Waals surface area (Å²) in [6.07, 6.45) is 0. The topological polar surface area (TPSA) is 67.2 Å². The van der Waals surface area contributed by atoms with Crippen molar-refractivity contribution in [1.29, 1.82) is 0 Å². The van der Waals surface area contributed by atoms with Crippen molar-refractivity contribution in [3.05, 3.63) is 17.5 Å². The lowest BCUT2D eigenvalue weighted by Crippen LogP contribution is -2.47. The lowest BCUT2D eigenvalue weighted by atomic mass is 10.1. The van der Waals surface area contributed by atoms with E-state index >= 15 is 0 Å². The second-order valence-electron chi connectivity index (χ2n) is 4.67. The van der Waals surface area contributed by atoms with Gasteiger partial charge in [0, 0.05) is 5.69 Å². The molecule has 1 heterocycles. The van der Waals surface area contributed by atoms with Crippen LogP contribution in [0.5, 0.6) is 0 Å². The number of carbonyl (C=O) groups excluding carboxylic acids is 1. The lowest BCUT2D eigenvalue weighted by molar-refractivity contribution is -0.123. The first-order chi connectivity index (χ1) is 7.34. The molecule has 0 saturated carbocycles. The Morgan fingerprint density at radius 2 is 2.19 bits per heavy atom. The molecule has 0 spiro atoms. The largest absolute Gasteiger partial charge is 0.394 e. The summed E-state index contributed by atoms with van der Waals surface area (Å²) < 4.78 is 1.65. The highest BCUT2D eigenvalue weighted by molar-refractivity contribution is 5.76. The summed E-state index contributed by atoms with van der Waals surface area (Å²) in [7, 11) is 0. The minimum absolute atomic E-state index is 0.0874. The van der Waals surface area contributed by atoms with Gasteiger partial charge in [-0.15, -0.1) is 0 Å². The standard InChI is InChI=1S/C11H19N3O2/c1-8-5-9(2)14(13-8)6-10(16)12-11(3,4)7-15/h5,15H,6-7H2,1-4H3,(H,12,16). The zero-order valence-electron chi connectivity index (χ0n) is 10.2. The Hall–Kier alpha value is -1.36. The maximum Gasteiger partial charge on any atom is 0.242 e.